The second-order valence-electron chi connectivity index (χ2n) is 5.66. The van der Waals surface area contributed by atoms with Crippen molar-refractivity contribution in [3.8, 4) is 0 Å². The third kappa shape index (κ3) is 3.71. The van der Waals surface area contributed by atoms with Crippen LogP contribution in [0.2, 0.25) is 0 Å². The largest absolute Gasteiger partial charge is 0.334 e. The molecular weight excluding hydrogens is 309 g/mol. The van der Waals surface area contributed by atoms with Gasteiger partial charge in [0.05, 0.1) is 6.04 Å². The van der Waals surface area contributed by atoms with E-state index in [0.29, 0.717) is 12.1 Å². The SMILES string of the molecule is O=C(NCc1ccccc1F)NC1CC(=O)N(c2ccccc2)C1. The number of nitrogens with one attached hydrogen (secondary N) is 2. The third-order valence-electron chi connectivity index (χ3n) is 3.93. The van der Waals surface area contributed by atoms with Crippen molar-refractivity contribution < 1.29 is 14.0 Å². The first-order valence-electron chi connectivity index (χ1n) is 7.76. The van der Waals surface area contributed by atoms with Crippen molar-refractivity contribution in [1.82, 2.24) is 10.6 Å². The zero-order valence-corrected chi connectivity index (χ0v) is 13.0. The number of hydrogen-bond acceptors (Lipinski definition) is 2. The normalized spacial score (nSPS) is 17.0. The van der Waals surface area contributed by atoms with Crippen molar-refractivity contribution in [3.05, 3.63) is 66.0 Å². The van der Waals surface area contributed by atoms with E-state index in [4.69, 9.17) is 0 Å². The van der Waals surface area contributed by atoms with Gasteiger partial charge in [0.2, 0.25) is 5.91 Å². The Balaban J connectivity index is 1.52. The molecule has 1 aliphatic heterocycles. The summed E-state index contributed by atoms with van der Waals surface area (Å²) in [7, 11) is 0. The average Bonchev–Trinajstić information content (AvgIpc) is 2.95. The molecule has 0 saturated carbocycles. The quantitative estimate of drug-likeness (QED) is 0.906. The summed E-state index contributed by atoms with van der Waals surface area (Å²) in [5.41, 5.74) is 1.24. The molecule has 0 bridgehead atoms. The molecule has 1 aliphatic rings. The van der Waals surface area contributed by atoms with Gasteiger partial charge in [-0.25, -0.2) is 9.18 Å². The molecule has 2 aromatic carbocycles. The Hall–Kier alpha value is -2.89. The maximum absolute atomic E-state index is 13.5. The van der Waals surface area contributed by atoms with E-state index in [1.54, 1.807) is 23.1 Å². The second-order valence-corrected chi connectivity index (χ2v) is 5.66. The fraction of sp³-hybridized carbons (Fsp3) is 0.222. The van der Waals surface area contributed by atoms with Gasteiger partial charge in [-0.3, -0.25) is 4.79 Å². The first-order valence-corrected chi connectivity index (χ1v) is 7.76. The molecular formula is C18H18FN3O2. The van der Waals surface area contributed by atoms with Gasteiger partial charge in [0.15, 0.2) is 0 Å². The molecule has 2 aromatic rings. The fourth-order valence-electron chi connectivity index (χ4n) is 2.72. The Kier molecular flexibility index (Phi) is 4.74. The third-order valence-corrected chi connectivity index (χ3v) is 3.93. The highest BCUT2D eigenvalue weighted by Gasteiger charge is 2.31. The minimum atomic E-state index is -0.411. The molecule has 0 aromatic heterocycles. The van der Waals surface area contributed by atoms with Gasteiger partial charge in [0, 0.05) is 30.8 Å². The minimum absolute atomic E-state index is 0.0272. The van der Waals surface area contributed by atoms with Gasteiger partial charge in [-0.1, -0.05) is 36.4 Å². The van der Waals surface area contributed by atoms with Crippen molar-refractivity contribution >= 4 is 17.6 Å². The van der Waals surface area contributed by atoms with Crippen LogP contribution >= 0.6 is 0 Å². The van der Waals surface area contributed by atoms with E-state index in [-0.39, 0.29) is 30.7 Å². The molecule has 6 heteroatoms. The Labute approximate surface area is 139 Å². The lowest BCUT2D eigenvalue weighted by molar-refractivity contribution is -0.117. The first kappa shape index (κ1) is 16.0. The smallest absolute Gasteiger partial charge is 0.315 e. The number of carbonyl (C=O) groups is 2. The van der Waals surface area contributed by atoms with Crippen LogP contribution in [-0.4, -0.2) is 24.5 Å². The molecule has 2 N–H and O–H groups in total. The van der Waals surface area contributed by atoms with Crippen molar-refractivity contribution in [2.75, 3.05) is 11.4 Å². The number of benzene rings is 2. The van der Waals surface area contributed by atoms with Crippen molar-refractivity contribution in [1.29, 1.82) is 0 Å². The van der Waals surface area contributed by atoms with Crippen LogP contribution < -0.4 is 15.5 Å². The van der Waals surface area contributed by atoms with Gasteiger partial charge < -0.3 is 15.5 Å². The van der Waals surface area contributed by atoms with Crippen molar-refractivity contribution in [2.24, 2.45) is 0 Å². The molecule has 1 unspecified atom stereocenters. The number of amides is 3. The zero-order chi connectivity index (χ0) is 16.9. The summed E-state index contributed by atoms with van der Waals surface area (Å²) in [6.07, 6.45) is 0.252. The molecule has 24 heavy (non-hydrogen) atoms. The number of halogens is 1. The molecule has 124 valence electrons. The van der Waals surface area contributed by atoms with Crippen LogP contribution in [0.15, 0.2) is 54.6 Å². The summed E-state index contributed by atoms with van der Waals surface area (Å²) in [5, 5.41) is 5.38. The molecule has 3 rings (SSSR count). The molecule has 5 nitrogen and oxygen atoms in total. The van der Waals surface area contributed by atoms with E-state index in [9.17, 15) is 14.0 Å². The van der Waals surface area contributed by atoms with Gasteiger partial charge in [-0.05, 0) is 18.2 Å². The Morgan fingerprint density at radius 1 is 1.12 bits per heavy atom. The molecule has 0 aliphatic carbocycles. The average molecular weight is 327 g/mol. The lowest BCUT2D eigenvalue weighted by Crippen LogP contribution is -2.43. The molecule has 1 fully saturated rings. The Bertz CT molecular complexity index is 736. The molecule has 1 heterocycles. The number of rotatable bonds is 4. The standard InChI is InChI=1S/C18H18FN3O2/c19-16-9-5-4-6-13(16)11-20-18(24)21-14-10-17(23)22(12-14)15-7-2-1-3-8-15/h1-9,14H,10-12H2,(H2,20,21,24). The molecule has 0 radical (unpaired) electrons. The lowest BCUT2D eigenvalue weighted by atomic mass is 10.2. The Morgan fingerprint density at radius 3 is 2.58 bits per heavy atom. The van der Waals surface area contributed by atoms with Crippen LogP contribution in [-0.2, 0) is 11.3 Å². The van der Waals surface area contributed by atoms with Crippen LogP contribution in [0, 0.1) is 5.82 Å². The van der Waals surface area contributed by atoms with Gasteiger partial charge in [-0.15, -0.1) is 0 Å². The van der Waals surface area contributed by atoms with Gasteiger partial charge in [0.1, 0.15) is 5.82 Å². The minimum Gasteiger partial charge on any atom is -0.334 e. The number of hydrogen-bond donors (Lipinski definition) is 2. The molecule has 3 amide bonds. The maximum atomic E-state index is 13.5. The molecule has 0 spiro atoms. The van der Waals surface area contributed by atoms with E-state index in [2.05, 4.69) is 10.6 Å². The summed E-state index contributed by atoms with van der Waals surface area (Å²) in [5.74, 6) is -0.385. The predicted octanol–water partition coefficient (Wildman–Crippen LogP) is 2.43. The highest BCUT2D eigenvalue weighted by Crippen LogP contribution is 2.20. The van der Waals surface area contributed by atoms with E-state index in [0.717, 1.165) is 5.69 Å². The monoisotopic (exact) mass is 327 g/mol. The fourth-order valence-corrected chi connectivity index (χ4v) is 2.72. The first-order chi connectivity index (χ1) is 11.6. The van der Waals surface area contributed by atoms with Crippen LogP contribution in [0.4, 0.5) is 14.9 Å². The van der Waals surface area contributed by atoms with E-state index >= 15 is 0 Å². The van der Waals surface area contributed by atoms with Crippen molar-refractivity contribution in [2.45, 2.75) is 19.0 Å². The highest BCUT2D eigenvalue weighted by atomic mass is 19.1. The number of carbonyl (C=O) groups excluding carboxylic acids is 2. The van der Waals surface area contributed by atoms with Crippen LogP contribution in [0.1, 0.15) is 12.0 Å². The summed E-state index contributed by atoms with van der Waals surface area (Å²) in [4.78, 5) is 25.7. The van der Waals surface area contributed by atoms with Crippen LogP contribution in [0.5, 0.6) is 0 Å². The van der Waals surface area contributed by atoms with Crippen LogP contribution in [0.25, 0.3) is 0 Å². The summed E-state index contributed by atoms with van der Waals surface area (Å²) in [6.45, 7) is 0.525. The molecule has 1 atom stereocenters. The second kappa shape index (κ2) is 7.12. The Morgan fingerprint density at radius 2 is 1.83 bits per heavy atom. The molecule has 1 saturated heterocycles. The van der Waals surface area contributed by atoms with E-state index < -0.39 is 6.03 Å². The lowest BCUT2D eigenvalue weighted by Gasteiger charge is -2.17. The van der Waals surface area contributed by atoms with Gasteiger partial charge in [0.25, 0.3) is 0 Å². The summed E-state index contributed by atoms with van der Waals surface area (Å²) in [6, 6.07) is 14.9. The predicted molar refractivity (Wildman–Crippen MR) is 89.0 cm³/mol. The van der Waals surface area contributed by atoms with Crippen LogP contribution in [0.3, 0.4) is 0 Å². The van der Waals surface area contributed by atoms with Crippen molar-refractivity contribution in [3.63, 3.8) is 0 Å². The maximum Gasteiger partial charge on any atom is 0.315 e. The van der Waals surface area contributed by atoms with Gasteiger partial charge in [-0.2, -0.15) is 0 Å². The number of nitrogens with zero attached hydrogens (tertiary/aromatic N) is 1. The topological polar surface area (TPSA) is 61.4 Å². The highest BCUT2D eigenvalue weighted by molar-refractivity contribution is 5.96. The number of anilines is 1. The van der Waals surface area contributed by atoms with E-state index in [1.807, 2.05) is 30.3 Å². The summed E-state index contributed by atoms with van der Waals surface area (Å²) < 4.78 is 13.5. The number of para-hydroxylation sites is 1. The van der Waals surface area contributed by atoms with E-state index in [1.165, 1.54) is 6.07 Å². The van der Waals surface area contributed by atoms with Gasteiger partial charge >= 0.3 is 6.03 Å². The number of urea groups is 1. The zero-order valence-electron chi connectivity index (χ0n) is 13.0. The summed E-state index contributed by atoms with van der Waals surface area (Å²) >= 11 is 0.